The van der Waals surface area contributed by atoms with Crippen molar-refractivity contribution in [1.29, 1.82) is 0 Å². The van der Waals surface area contributed by atoms with Crippen LogP contribution in [0.1, 0.15) is 28.8 Å². The number of imidazole rings is 1. The van der Waals surface area contributed by atoms with Crippen LogP contribution in [0.5, 0.6) is 0 Å². The summed E-state index contributed by atoms with van der Waals surface area (Å²) in [6.07, 6.45) is 2.64. The molecule has 1 aliphatic heterocycles. The molecule has 0 saturated heterocycles. The fraction of sp³-hybridized carbons (Fsp3) is 0.357. The minimum absolute atomic E-state index is 0.108. The molecule has 0 aromatic carbocycles. The van der Waals surface area contributed by atoms with Gasteiger partial charge in [0, 0.05) is 37.3 Å². The first-order chi connectivity index (χ1) is 10.6. The largest absolute Gasteiger partial charge is 0.361 e. The van der Waals surface area contributed by atoms with E-state index in [0.29, 0.717) is 10.8 Å². The number of aryl methyl sites for hydroxylation is 2. The summed E-state index contributed by atoms with van der Waals surface area (Å²) in [6.45, 7) is 2.70. The number of hydrogen-bond acceptors (Lipinski definition) is 5. The second-order valence-corrected chi connectivity index (χ2v) is 5.76. The lowest BCUT2D eigenvalue weighted by Crippen LogP contribution is -2.31. The molecule has 22 heavy (non-hydrogen) atoms. The number of aromatic nitrogens is 5. The number of hydrogen-bond donors (Lipinski definition) is 2. The fourth-order valence-electron chi connectivity index (χ4n) is 2.90. The van der Waals surface area contributed by atoms with Gasteiger partial charge in [-0.3, -0.25) is 4.68 Å². The SMILES string of the molecule is Cc1cc(-c2nn(C)c(Cl)c2C2NCCc3[nH]cnc32)no1. The van der Waals surface area contributed by atoms with E-state index in [1.165, 1.54) is 0 Å². The molecule has 7 nitrogen and oxygen atoms in total. The molecule has 0 amide bonds. The van der Waals surface area contributed by atoms with E-state index in [1.807, 2.05) is 20.0 Å². The first kappa shape index (κ1) is 13.5. The zero-order valence-electron chi connectivity index (χ0n) is 12.2. The van der Waals surface area contributed by atoms with E-state index >= 15 is 0 Å². The molecule has 8 heteroatoms. The highest BCUT2D eigenvalue weighted by Crippen LogP contribution is 2.37. The molecule has 1 aliphatic rings. The zero-order valence-corrected chi connectivity index (χ0v) is 13.0. The van der Waals surface area contributed by atoms with Gasteiger partial charge in [-0.2, -0.15) is 5.10 Å². The molecule has 0 fully saturated rings. The summed E-state index contributed by atoms with van der Waals surface area (Å²) in [5, 5.41) is 12.6. The lowest BCUT2D eigenvalue weighted by atomic mass is 9.97. The average Bonchev–Trinajstić information content (AvgIpc) is 3.19. The van der Waals surface area contributed by atoms with Gasteiger partial charge in [0.2, 0.25) is 0 Å². The standard InChI is InChI=1S/C14H15ClN6O/c1-7-5-9(20-22-7)11-10(14(15)21(2)19-11)13-12-8(3-4-16-13)17-6-18-12/h5-6,13,16H,3-4H2,1-2H3,(H,17,18). The molecule has 1 unspecified atom stereocenters. The number of halogens is 1. The number of aromatic amines is 1. The third kappa shape index (κ3) is 1.97. The molecule has 4 heterocycles. The van der Waals surface area contributed by atoms with E-state index in [1.54, 1.807) is 11.0 Å². The summed E-state index contributed by atoms with van der Waals surface area (Å²) in [7, 11) is 1.82. The number of fused-ring (bicyclic) bond motifs is 1. The van der Waals surface area contributed by atoms with Crippen molar-refractivity contribution in [2.45, 2.75) is 19.4 Å². The quantitative estimate of drug-likeness (QED) is 0.755. The molecule has 0 spiro atoms. The highest BCUT2D eigenvalue weighted by atomic mass is 35.5. The fourth-order valence-corrected chi connectivity index (χ4v) is 3.14. The molecule has 0 bridgehead atoms. The topological polar surface area (TPSA) is 84.6 Å². The van der Waals surface area contributed by atoms with Crippen LogP contribution >= 0.6 is 11.6 Å². The van der Waals surface area contributed by atoms with Crippen molar-refractivity contribution in [3.63, 3.8) is 0 Å². The molecule has 0 aliphatic carbocycles. The maximum absolute atomic E-state index is 6.50. The minimum Gasteiger partial charge on any atom is -0.361 e. The van der Waals surface area contributed by atoms with Crippen LogP contribution in [0, 0.1) is 6.92 Å². The Kier molecular flexibility index (Phi) is 3.05. The molecule has 4 rings (SSSR count). The van der Waals surface area contributed by atoms with Crippen LogP contribution in [0.4, 0.5) is 0 Å². The first-order valence-corrected chi connectivity index (χ1v) is 7.44. The van der Waals surface area contributed by atoms with Gasteiger partial charge in [0.15, 0.2) is 0 Å². The predicted octanol–water partition coefficient (Wildman–Crippen LogP) is 2.00. The van der Waals surface area contributed by atoms with Gasteiger partial charge in [-0.25, -0.2) is 4.98 Å². The number of rotatable bonds is 2. The van der Waals surface area contributed by atoms with E-state index in [2.05, 4.69) is 25.5 Å². The van der Waals surface area contributed by atoms with Crippen molar-refractivity contribution >= 4 is 11.6 Å². The average molecular weight is 319 g/mol. The van der Waals surface area contributed by atoms with Crippen molar-refractivity contribution in [1.82, 2.24) is 30.2 Å². The molecule has 0 saturated carbocycles. The van der Waals surface area contributed by atoms with Crippen LogP contribution in [0.15, 0.2) is 16.9 Å². The van der Waals surface area contributed by atoms with Crippen LogP contribution in [-0.2, 0) is 13.5 Å². The van der Waals surface area contributed by atoms with Crippen molar-refractivity contribution in [3.05, 3.63) is 40.3 Å². The maximum atomic E-state index is 6.50. The van der Waals surface area contributed by atoms with Crippen LogP contribution in [0.25, 0.3) is 11.4 Å². The molecule has 2 N–H and O–H groups in total. The molecule has 114 valence electrons. The summed E-state index contributed by atoms with van der Waals surface area (Å²) in [6, 6.07) is 1.75. The zero-order chi connectivity index (χ0) is 15.3. The first-order valence-electron chi connectivity index (χ1n) is 7.06. The number of nitrogens with one attached hydrogen (secondary N) is 2. The smallest absolute Gasteiger partial charge is 0.134 e. The van der Waals surface area contributed by atoms with Gasteiger partial charge in [0.05, 0.1) is 18.1 Å². The highest BCUT2D eigenvalue weighted by molar-refractivity contribution is 6.30. The summed E-state index contributed by atoms with van der Waals surface area (Å²) in [4.78, 5) is 7.64. The number of H-pyrrole nitrogens is 1. The van der Waals surface area contributed by atoms with Crippen LogP contribution in [0.3, 0.4) is 0 Å². The van der Waals surface area contributed by atoms with Gasteiger partial charge in [-0.05, 0) is 6.92 Å². The van der Waals surface area contributed by atoms with Gasteiger partial charge < -0.3 is 14.8 Å². The highest BCUT2D eigenvalue weighted by Gasteiger charge is 2.31. The van der Waals surface area contributed by atoms with Crippen LogP contribution < -0.4 is 5.32 Å². The molecular weight excluding hydrogens is 304 g/mol. The molecule has 0 radical (unpaired) electrons. The second kappa shape index (κ2) is 4.96. The van der Waals surface area contributed by atoms with E-state index in [-0.39, 0.29) is 6.04 Å². The van der Waals surface area contributed by atoms with Crippen molar-refractivity contribution < 1.29 is 4.52 Å². The van der Waals surface area contributed by atoms with Gasteiger partial charge in [-0.1, -0.05) is 16.8 Å². The molecule has 1 atom stereocenters. The van der Waals surface area contributed by atoms with Gasteiger partial charge in [0.25, 0.3) is 0 Å². The van der Waals surface area contributed by atoms with Gasteiger partial charge in [-0.15, -0.1) is 0 Å². The minimum atomic E-state index is -0.108. The van der Waals surface area contributed by atoms with E-state index < -0.39 is 0 Å². The molecular formula is C14H15ClN6O. The van der Waals surface area contributed by atoms with E-state index in [0.717, 1.165) is 41.4 Å². The Morgan fingerprint density at radius 2 is 2.32 bits per heavy atom. The Morgan fingerprint density at radius 3 is 3.09 bits per heavy atom. The Labute approximate surface area is 131 Å². The van der Waals surface area contributed by atoms with E-state index in [4.69, 9.17) is 16.1 Å². The number of nitrogens with zero attached hydrogens (tertiary/aromatic N) is 4. The second-order valence-electron chi connectivity index (χ2n) is 5.40. The maximum Gasteiger partial charge on any atom is 0.134 e. The van der Waals surface area contributed by atoms with Crippen LogP contribution in [-0.4, -0.2) is 31.4 Å². The Bertz CT molecular complexity index is 832. The third-order valence-corrected chi connectivity index (χ3v) is 4.37. The molecule has 3 aromatic heterocycles. The van der Waals surface area contributed by atoms with E-state index in [9.17, 15) is 0 Å². The summed E-state index contributed by atoms with van der Waals surface area (Å²) in [5.41, 5.74) is 4.37. The van der Waals surface area contributed by atoms with Crippen molar-refractivity contribution in [2.24, 2.45) is 7.05 Å². The Morgan fingerprint density at radius 1 is 1.45 bits per heavy atom. The monoisotopic (exact) mass is 318 g/mol. The van der Waals surface area contributed by atoms with Crippen molar-refractivity contribution in [2.75, 3.05) is 6.54 Å². The predicted molar refractivity (Wildman–Crippen MR) is 80.6 cm³/mol. The normalized spacial score (nSPS) is 17.7. The van der Waals surface area contributed by atoms with Crippen molar-refractivity contribution in [3.8, 4) is 11.4 Å². The summed E-state index contributed by atoms with van der Waals surface area (Å²) in [5.74, 6) is 0.736. The Balaban J connectivity index is 1.89. The van der Waals surface area contributed by atoms with Gasteiger partial charge >= 0.3 is 0 Å². The molecule has 3 aromatic rings. The Hall–Kier alpha value is -2.12. The summed E-state index contributed by atoms with van der Waals surface area (Å²) < 4.78 is 6.83. The van der Waals surface area contributed by atoms with Gasteiger partial charge in [0.1, 0.15) is 22.3 Å². The van der Waals surface area contributed by atoms with Crippen LogP contribution in [0.2, 0.25) is 5.15 Å². The lowest BCUT2D eigenvalue weighted by molar-refractivity contribution is 0.399. The summed E-state index contributed by atoms with van der Waals surface area (Å²) >= 11 is 6.50. The lowest BCUT2D eigenvalue weighted by Gasteiger charge is -2.23. The third-order valence-electron chi connectivity index (χ3n) is 3.92.